The van der Waals surface area contributed by atoms with Gasteiger partial charge >= 0.3 is 6.18 Å². The number of benzene rings is 3. The topological polar surface area (TPSA) is 67.9 Å². The van der Waals surface area contributed by atoms with Crippen molar-refractivity contribution in [1.29, 1.82) is 10.5 Å². The van der Waals surface area contributed by atoms with Gasteiger partial charge in [0.1, 0.15) is 6.04 Å². The molecule has 2 aliphatic rings. The molecule has 0 aromatic heterocycles. The zero-order chi connectivity index (χ0) is 24.8. The highest BCUT2D eigenvalue weighted by Crippen LogP contribution is 2.60. The number of fused-ring (bicyclic) bond motifs is 3. The van der Waals surface area contributed by atoms with Crippen molar-refractivity contribution in [2.75, 3.05) is 0 Å². The summed E-state index contributed by atoms with van der Waals surface area (Å²) in [5.41, 5.74) is -0.573. The van der Waals surface area contributed by atoms with Crippen LogP contribution in [0.25, 0.3) is 6.08 Å². The normalized spacial score (nSPS) is 22.0. The Morgan fingerprint density at radius 3 is 2.29 bits per heavy atom. The average Bonchev–Trinajstić information content (AvgIpc) is 3.19. The summed E-state index contributed by atoms with van der Waals surface area (Å²) in [6.07, 6.45) is -1.14. The predicted octanol–water partition coefficient (Wildman–Crippen LogP) is 6.12. The molecule has 5 rings (SSSR count). The molecule has 4 nitrogen and oxygen atoms in total. The summed E-state index contributed by atoms with van der Waals surface area (Å²) in [7, 11) is 0. The Balaban J connectivity index is 1.74. The quantitative estimate of drug-likeness (QED) is 0.434. The maximum atomic E-state index is 13.9. The number of Topliss-reactive ketones (excluding diaryl/α,β-unsaturated/α-hetero) is 1. The van der Waals surface area contributed by atoms with Crippen LogP contribution < -0.4 is 0 Å². The van der Waals surface area contributed by atoms with Gasteiger partial charge in [-0.2, -0.15) is 23.7 Å². The minimum absolute atomic E-state index is 0.122. The third-order valence-corrected chi connectivity index (χ3v) is 6.85. The van der Waals surface area contributed by atoms with E-state index in [-0.39, 0.29) is 5.56 Å². The first kappa shape index (κ1) is 22.4. The lowest BCUT2D eigenvalue weighted by molar-refractivity contribution is -0.137. The van der Waals surface area contributed by atoms with Crippen LogP contribution >= 0.6 is 0 Å². The predicted molar refractivity (Wildman–Crippen MR) is 122 cm³/mol. The van der Waals surface area contributed by atoms with Crippen molar-refractivity contribution in [1.82, 2.24) is 4.90 Å². The number of hydrogen-bond acceptors (Lipinski definition) is 4. The number of ketones is 1. The van der Waals surface area contributed by atoms with E-state index in [1.54, 1.807) is 53.6 Å². The van der Waals surface area contributed by atoms with Crippen molar-refractivity contribution in [2.24, 2.45) is 5.41 Å². The minimum atomic E-state index is -4.61. The summed E-state index contributed by atoms with van der Waals surface area (Å²) < 4.78 is 40.2. The second kappa shape index (κ2) is 8.14. The maximum Gasteiger partial charge on any atom is 0.416 e. The minimum Gasteiger partial charge on any atom is -0.357 e. The number of alkyl halides is 3. The van der Waals surface area contributed by atoms with E-state index in [0.29, 0.717) is 5.56 Å². The molecule has 0 saturated carbocycles. The highest BCUT2D eigenvalue weighted by molar-refractivity contribution is 6.02. The van der Waals surface area contributed by atoms with E-state index < -0.39 is 40.9 Å². The molecular formula is C28H18F3N3O. The van der Waals surface area contributed by atoms with Crippen LogP contribution in [0.4, 0.5) is 13.2 Å². The number of nitrogens with zero attached hydrogens (tertiary/aromatic N) is 3. The molecule has 0 spiro atoms. The molecule has 3 aromatic carbocycles. The standard InChI is InChI=1S/C28H18F3N3O/c29-28(30,31)21-11-6-10-20(15-21)25(35)24-23(19-8-2-1-3-9-19)27(16-32,17-33)26-22-12-5-4-7-18(22)13-14-34(24)26/h1-15,23-24,26H/t23-,24-,26+/m1/s1. The molecule has 3 aromatic rings. The fourth-order valence-electron chi connectivity index (χ4n) is 5.35. The Hall–Kier alpha value is -4.36. The largest absolute Gasteiger partial charge is 0.416 e. The van der Waals surface area contributed by atoms with Gasteiger partial charge in [0.25, 0.3) is 0 Å². The number of rotatable bonds is 3. The van der Waals surface area contributed by atoms with Crippen LogP contribution in [-0.4, -0.2) is 16.7 Å². The fourth-order valence-corrected chi connectivity index (χ4v) is 5.35. The molecule has 0 N–H and O–H groups in total. The van der Waals surface area contributed by atoms with Gasteiger partial charge in [-0.3, -0.25) is 4.79 Å². The van der Waals surface area contributed by atoms with Crippen LogP contribution in [-0.2, 0) is 6.18 Å². The van der Waals surface area contributed by atoms with E-state index >= 15 is 0 Å². The molecule has 0 bridgehead atoms. The first-order valence-electron chi connectivity index (χ1n) is 11.0. The summed E-state index contributed by atoms with van der Waals surface area (Å²) in [6.45, 7) is 0. The van der Waals surface area contributed by atoms with E-state index in [1.165, 1.54) is 12.1 Å². The fraction of sp³-hybridized carbons (Fsp3) is 0.179. The molecule has 35 heavy (non-hydrogen) atoms. The van der Waals surface area contributed by atoms with Crippen molar-refractivity contribution in [3.63, 3.8) is 0 Å². The Kier molecular flexibility index (Phi) is 5.22. The van der Waals surface area contributed by atoms with Crippen LogP contribution in [0.1, 0.15) is 44.6 Å². The van der Waals surface area contributed by atoms with Crippen LogP contribution in [0.5, 0.6) is 0 Å². The summed E-state index contributed by atoms with van der Waals surface area (Å²) in [6, 6.07) is 23.0. The number of carbonyl (C=O) groups excluding carboxylic acids is 1. The molecule has 0 amide bonds. The first-order chi connectivity index (χ1) is 16.8. The molecule has 172 valence electrons. The smallest absolute Gasteiger partial charge is 0.357 e. The Morgan fingerprint density at radius 2 is 1.60 bits per heavy atom. The molecule has 2 aliphatic heterocycles. The van der Waals surface area contributed by atoms with Crippen molar-refractivity contribution in [3.05, 3.63) is 113 Å². The second-order valence-corrected chi connectivity index (χ2v) is 8.66. The zero-order valence-corrected chi connectivity index (χ0v) is 18.3. The Labute approximate surface area is 200 Å². The van der Waals surface area contributed by atoms with Gasteiger partial charge in [0.05, 0.1) is 23.7 Å². The number of carbonyl (C=O) groups is 1. The molecule has 1 fully saturated rings. The number of nitriles is 2. The lowest BCUT2D eigenvalue weighted by Crippen LogP contribution is -2.37. The Morgan fingerprint density at radius 1 is 0.914 bits per heavy atom. The monoisotopic (exact) mass is 469 g/mol. The third kappa shape index (κ3) is 3.40. The van der Waals surface area contributed by atoms with E-state index in [2.05, 4.69) is 12.1 Å². The molecule has 1 saturated heterocycles. The van der Waals surface area contributed by atoms with E-state index in [4.69, 9.17) is 0 Å². The molecular weight excluding hydrogens is 451 g/mol. The van der Waals surface area contributed by atoms with Gasteiger partial charge in [-0.05, 0) is 34.9 Å². The SMILES string of the molecule is N#CC1(C#N)[C@H](c2ccccc2)[C@H](C(=O)c2cccc(C(F)(F)F)c2)N2C=Cc3ccccc3[C@H]21. The van der Waals surface area contributed by atoms with E-state index in [1.807, 2.05) is 18.2 Å². The lowest BCUT2D eigenvalue weighted by atomic mass is 9.67. The van der Waals surface area contributed by atoms with Crippen LogP contribution in [0.2, 0.25) is 0 Å². The van der Waals surface area contributed by atoms with Gasteiger partial charge in [-0.1, -0.05) is 66.7 Å². The maximum absolute atomic E-state index is 13.9. The average molecular weight is 469 g/mol. The van der Waals surface area contributed by atoms with Gasteiger partial charge in [0.15, 0.2) is 11.2 Å². The van der Waals surface area contributed by atoms with Gasteiger partial charge in [-0.15, -0.1) is 0 Å². The second-order valence-electron chi connectivity index (χ2n) is 8.66. The third-order valence-electron chi connectivity index (χ3n) is 6.85. The van der Waals surface area contributed by atoms with Crippen molar-refractivity contribution < 1.29 is 18.0 Å². The first-order valence-corrected chi connectivity index (χ1v) is 11.0. The van der Waals surface area contributed by atoms with Gasteiger partial charge < -0.3 is 4.90 Å². The molecule has 0 unspecified atom stereocenters. The molecule has 7 heteroatoms. The van der Waals surface area contributed by atoms with Gasteiger partial charge in [0, 0.05) is 17.7 Å². The van der Waals surface area contributed by atoms with Crippen LogP contribution in [0.3, 0.4) is 0 Å². The van der Waals surface area contributed by atoms with E-state index in [0.717, 1.165) is 23.3 Å². The Bertz CT molecular complexity index is 1400. The molecule has 3 atom stereocenters. The summed E-state index contributed by atoms with van der Waals surface area (Å²) in [4.78, 5) is 15.6. The number of halogens is 3. The highest BCUT2D eigenvalue weighted by atomic mass is 19.4. The number of hydrogen-bond donors (Lipinski definition) is 0. The zero-order valence-electron chi connectivity index (χ0n) is 18.3. The van der Waals surface area contributed by atoms with Crippen molar-refractivity contribution in [3.8, 4) is 12.1 Å². The highest BCUT2D eigenvalue weighted by Gasteiger charge is 2.63. The van der Waals surface area contributed by atoms with Crippen molar-refractivity contribution in [2.45, 2.75) is 24.2 Å². The van der Waals surface area contributed by atoms with Gasteiger partial charge in [0.2, 0.25) is 0 Å². The summed E-state index contributed by atoms with van der Waals surface area (Å²) >= 11 is 0. The summed E-state index contributed by atoms with van der Waals surface area (Å²) in [5, 5.41) is 20.9. The molecule has 0 radical (unpaired) electrons. The van der Waals surface area contributed by atoms with Crippen LogP contribution in [0, 0.1) is 28.1 Å². The lowest BCUT2D eigenvalue weighted by Gasteiger charge is -2.34. The van der Waals surface area contributed by atoms with Crippen molar-refractivity contribution >= 4 is 11.9 Å². The summed E-state index contributed by atoms with van der Waals surface area (Å²) in [5.74, 6) is -1.48. The molecule has 0 aliphatic carbocycles. The van der Waals surface area contributed by atoms with E-state index in [9.17, 15) is 28.5 Å². The molecule has 2 heterocycles. The van der Waals surface area contributed by atoms with Crippen LogP contribution in [0.15, 0.2) is 85.1 Å². The van der Waals surface area contributed by atoms with Gasteiger partial charge in [-0.25, -0.2) is 0 Å².